The Hall–Kier alpha value is -2.48. The van der Waals surface area contributed by atoms with Crippen LogP contribution in [0.15, 0.2) is 76.8 Å². The van der Waals surface area contributed by atoms with Gasteiger partial charge in [0.1, 0.15) is 5.76 Å². The molecule has 0 amide bonds. The van der Waals surface area contributed by atoms with Crippen LogP contribution in [0, 0.1) is 11.8 Å². The average molecular weight is 334 g/mol. The zero-order valence-electron chi connectivity index (χ0n) is 14.8. The van der Waals surface area contributed by atoms with Crippen molar-refractivity contribution in [2.75, 3.05) is 0 Å². The van der Waals surface area contributed by atoms with Gasteiger partial charge >= 0.3 is 0 Å². The highest BCUT2D eigenvalue weighted by atomic mass is 16.3. The Bertz CT molecular complexity index is 1060. The molecule has 4 aliphatic rings. The molecule has 124 valence electrons. The number of furan rings is 1. The Labute approximate surface area is 155 Å². The summed E-state index contributed by atoms with van der Waals surface area (Å²) in [7, 11) is 6.13. The van der Waals surface area contributed by atoms with E-state index in [4.69, 9.17) is 12.3 Å². The fraction of sp³-hybridized carbons (Fsp3) is 0.250. The van der Waals surface area contributed by atoms with Crippen molar-refractivity contribution >= 4 is 19.1 Å². The van der Waals surface area contributed by atoms with Crippen molar-refractivity contribution in [1.29, 1.82) is 0 Å². The molecule has 26 heavy (non-hydrogen) atoms. The molecule has 2 radical (unpaired) electrons. The lowest BCUT2D eigenvalue weighted by molar-refractivity contribution is 0.431. The van der Waals surface area contributed by atoms with Crippen LogP contribution in [0.3, 0.4) is 0 Å². The summed E-state index contributed by atoms with van der Waals surface area (Å²) in [4.78, 5) is 0. The van der Waals surface area contributed by atoms with Crippen molar-refractivity contribution in [1.82, 2.24) is 0 Å². The van der Waals surface area contributed by atoms with Crippen LogP contribution in [0.25, 0.3) is 5.57 Å². The molecule has 6 rings (SSSR count). The fourth-order valence-corrected chi connectivity index (χ4v) is 5.91. The topological polar surface area (TPSA) is 13.1 Å². The van der Waals surface area contributed by atoms with E-state index in [-0.39, 0.29) is 11.3 Å². The van der Waals surface area contributed by atoms with Crippen LogP contribution in [0.4, 0.5) is 0 Å². The predicted octanol–water partition coefficient (Wildman–Crippen LogP) is 4.56. The van der Waals surface area contributed by atoms with Crippen molar-refractivity contribution < 1.29 is 4.42 Å². The molecular weight excluding hydrogens is 315 g/mol. The van der Waals surface area contributed by atoms with E-state index in [2.05, 4.69) is 73.7 Å². The lowest BCUT2D eigenvalue weighted by Gasteiger charge is -2.37. The van der Waals surface area contributed by atoms with Gasteiger partial charge in [0.15, 0.2) is 7.85 Å². The maximum atomic E-state index is 6.13. The molecule has 2 aromatic rings. The molecule has 0 aliphatic heterocycles. The molecule has 0 bridgehead atoms. The Balaban J connectivity index is 1.77. The standard InChI is InChI=1S/C24H19BO/c1-14-7-6-12-19-22(14)15-8-2-4-10-17(15)24(19)18-11-5-3-9-16(18)23-20(24)13-21(25)26-23/h2-6,8-14,16,18H,7H2,1H3. The average Bonchev–Trinajstić information content (AvgIpc) is 3.26. The molecule has 1 aromatic heterocycles. The van der Waals surface area contributed by atoms with E-state index in [1.165, 1.54) is 27.8 Å². The molecule has 0 saturated heterocycles. The fourth-order valence-electron chi connectivity index (χ4n) is 5.91. The smallest absolute Gasteiger partial charge is 0.167 e. The van der Waals surface area contributed by atoms with E-state index in [1.54, 1.807) is 0 Å². The molecule has 1 nitrogen and oxygen atoms in total. The summed E-state index contributed by atoms with van der Waals surface area (Å²) in [6, 6.07) is 11.0. The lowest BCUT2D eigenvalue weighted by atomic mass is 9.64. The van der Waals surface area contributed by atoms with Gasteiger partial charge in [0.2, 0.25) is 0 Å². The summed E-state index contributed by atoms with van der Waals surface area (Å²) in [6.07, 6.45) is 14.8. The molecule has 0 saturated carbocycles. The van der Waals surface area contributed by atoms with E-state index >= 15 is 0 Å². The first kappa shape index (κ1) is 14.7. The molecule has 1 aromatic carbocycles. The van der Waals surface area contributed by atoms with Crippen LogP contribution in [0.2, 0.25) is 0 Å². The maximum absolute atomic E-state index is 6.13. The van der Waals surface area contributed by atoms with Gasteiger partial charge in [0.25, 0.3) is 0 Å². The highest BCUT2D eigenvalue weighted by Crippen LogP contribution is 2.66. The first-order valence-electron chi connectivity index (χ1n) is 9.48. The van der Waals surface area contributed by atoms with Crippen molar-refractivity contribution in [3.8, 4) is 0 Å². The first-order valence-corrected chi connectivity index (χ1v) is 9.48. The number of hydrogen-bond donors (Lipinski definition) is 0. The van der Waals surface area contributed by atoms with E-state index in [9.17, 15) is 0 Å². The van der Waals surface area contributed by atoms with E-state index in [0.717, 1.165) is 12.2 Å². The van der Waals surface area contributed by atoms with Crippen LogP contribution in [0.5, 0.6) is 0 Å². The van der Waals surface area contributed by atoms with Gasteiger partial charge in [-0.15, -0.1) is 0 Å². The van der Waals surface area contributed by atoms with Crippen molar-refractivity contribution in [2.45, 2.75) is 24.7 Å². The van der Waals surface area contributed by atoms with Crippen LogP contribution in [-0.2, 0) is 5.41 Å². The van der Waals surface area contributed by atoms with E-state index < -0.39 is 0 Å². The summed E-state index contributed by atoms with van der Waals surface area (Å²) in [5, 5.41) is 0. The van der Waals surface area contributed by atoms with Gasteiger partial charge in [0.05, 0.1) is 5.41 Å². The van der Waals surface area contributed by atoms with Gasteiger partial charge < -0.3 is 4.42 Å². The predicted molar refractivity (Wildman–Crippen MR) is 106 cm³/mol. The van der Waals surface area contributed by atoms with Crippen molar-refractivity contribution in [2.24, 2.45) is 11.8 Å². The normalized spacial score (nSPS) is 32.7. The molecule has 4 unspecified atom stereocenters. The largest absolute Gasteiger partial charge is 0.477 e. The molecule has 4 atom stereocenters. The summed E-state index contributed by atoms with van der Waals surface area (Å²) in [6.45, 7) is 2.35. The first-order chi connectivity index (χ1) is 12.7. The van der Waals surface area contributed by atoms with Crippen LogP contribution in [-0.4, -0.2) is 7.85 Å². The monoisotopic (exact) mass is 334 g/mol. The second-order valence-corrected chi connectivity index (χ2v) is 7.97. The van der Waals surface area contributed by atoms with Crippen LogP contribution >= 0.6 is 0 Å². The highest BCUT2D eigenvalue weighted by molar-refractivity contribution is 6.30. The second kappa shape index (κ2) is 4.82. The van der Waals surface area contributed by atoms with Crippen LogP contribution in [0.1, 0.15) is 41.7 Å². The zero-order chi connectivity index (χ0) is 17.5. The van der Waals surface area contributed by atoms with Gasteiger partial charge in [-0.05, 0) is 40.7 Å². The molecular formula is C24H19BO. The summed E-state index contributed by atoms with van der Waals surface area (Å²) in [5.41, 5.74) is 7.39. The Morgan fingerprint density at radius 3 is 2.88 bits per heavy atom. The van der Waals surface area contributed by atoms with Gasteiger partial charge in [0, 0.05) is 23.1 Å². The summed E-state index contributed by atoms with van der Waals surface area (Å²) < 4.78 is 6.05. The SMILES string of the molecule is [B]c1cc2c(o1)C1C=CC=CC1C21C2=C(c3ccccc31)C(C)CC=C2. The summed E-state index contributed by atoms with van der Waals surface area (Å²) in [5.74, 6) is 2.16. The summed E-state index contributed by atoms with van der Waals surface area (Å²) >= 11 is 0. The molecule has 1 spiro atoms. The van der Waals surface area contributed by atoms with Crippen molar-refractivity contribution in [3.05, 3.63) is 94.8 Å². The Kier molecular flexibility index (Phi) is 2.72. The van der Waals surface area contributed by atoms with Crippen LogP contribution < -0.4 is 5.66 Å². The Morgan fingerprint density at radius 1 is 1.12 bits per heavy atom. The number of allylic oxidation sites excluding steroid dienone is 8. The third kappa shape index (κ3) is 1.51. The quantitative estimate of drug-likeness (QED) is 0.644. The van der Waals surface area contributed by atoms with Gasteiger partial charge in [-0.2, -0.15) is 0 Å². The minimum atomic E-state index is -0.181. The molecule has 1 heterocycles. The number of rotatable bonds is 0. The molecule has 0 fully saturated rings. The number of benzene rings is 1. The molecule has 0 N–H and O–H groups in total. The number of hydrogen-bond acceptors (Lipinski definition) is 1. The molecule has 2 heteroatoms. The third-order valence-electron chi connectivity index (χ3n) is 6.77. The minimum Gasteiger partial charge on any atom is -0.477 e. The Morgan fingerprint density at radius 2 is 1.96 bits per heavy atom. The third-order valence-corrected chi connectivity index (χ3v) is 6.77. The zero-order valence-corrected chi connectivity index (χ0v) is 14.8. The maximum Gasteiger partial charge on any atom is 0.167 e. The molecule has 4 aliphatic carbocycles. The second-order valence-electron chi connectivity index (χ2n) is 7.97. The number of fused-ring (bicyclic) bond motifs is 9. The van der Waals surface area contributed by atoms with Gasteiger partial charge in [-0.3, -0.25) is 0 Å². The van der Waals surface area contributed by atoms with E-state index in [0.29, 0.717) is 17.5 Å². The van der Waals surface area contributed by atoms with E-state index in [1.807, 2.05) is 0 Å². The lowest BCUT2D eigenvalue weighted by Crippen LogP contribution is -2.34. The van der Waals surface area contributed by atoms with Crippen molar-refractivity contribution in [3.63, 3.8) is 0 Å². The van der Waals surface area contributed by atoms with Gasteiger partial charge in [-0.25, -0.2) is 0 Å². The minimum absolute atomic E-state index is 0.181. The highest BCUT2D eigenvalue weighted by Gasteiger charge is 2.59. The van der Waals surface area contributed by atoms with Gasteiger partial charge in [-0.1, -0.05) is 67.6 Å².